The third-order valence-electron chi connectivity index (χ3n) is 3.64. The molecule has 2 rings (SSSR count). The molecule has 0 amide bonds. The average molecular weight is 348 g/mol. The maximum Gasteiger partial charge on any atom is 0.157 e. The Morgan fingerprint density at radius 1 is 1.04 bits per heavy atom. The molecule has 1 N–H and O–H groups in total. The molecule has 0 spiro atoms. The van der Waals surface area contributed by atoms with Crippen molar-refractivity contribution in [1.29, 1.82) is 0 Å². The summed E-state index contributed by atoms with van der Waals surface area (Å²) in [5.74, 6) is 0.270. The van der Waals surface area contributed by atoms with Crippen molar-refractivity contribution in [2.75, 3.05) is 12.4 Å². The van der Waals surface area contributed by atoms with E-state index in [1.807, 2.05) is 57.2 Å². The fourth-order valence-electron chi connectivity index (χ4n) is 2.71. The minimum atomic E-state index is -3.41. The van der Waals surface area contributed by atoms with Gasteiger partial charge in [-0.05, 0) is 38.0 Å². The molecule has 0 bridgehead atoms. The first-order valence-corrected chi connectivity index (χ1v) is 9.71. The molecule has 0 saturated carbocycles. The van der Waals surface area contributed by atoms with Gasteiger partial charge in [-0.3, -0.25) is 0 Å². The van der Waals surface area contributed by atoms with Crippen LogP contribution >= 0.6 is 0 Å². The molecular weight excluding hydrogens is 324 g/mol. The van der Waals surface area contributed by atoms with Crippen molar-refractivity contribution in [1.82, 2.24) is 0 Å². The van der Waals surface area contributed by atoms with Crippen molar-refractivity contribution < 1.29 is 18.3 Å². The van der Waals surface area contributed by atoms with Crippen LogP contribution in [-0.2, 0) is 15.6 Å². The zero-order valence-corrected chi connectivity index (χ0v) is 15.1. The first-order chi connectivity index (χ1) is 11.2. The summed E-state index contributed by atoms with van der Waals surface area (Å²) in [6, 6.07) is 13.2. The fraction of sp³-hybridized carbons (Fsp3) is 0.368. The Balaban J connectivity index is 1.94. The van der Waals surface area contributed by atoms with Crippen LogP contribution in [0, 0.1) is 20.8 Å². The number of aliphatic hydroxyl groups is 1. The normalized spacial score (nSPS) is 12.8. The summed E-state index contributed by atoms with van der Waals surface area (Å²) in [6.07, 6.45) is -1.06. The summed E-state index contributed by atoms with van der Waals surface area (Å²) in [6.45, 7) is 5.73. The van der Waals surface area contributed by atoms with E-state index in [1.54, 1.807) is 6.07 Å². The predicted molar refractivity (Wildman–Crippen MR) is 96.1 cm³/mol. The Morgan fingerprint density at radius 3 is 2.29 bits per heavy atom. The number of aliphatic hydroxyl groups excluding tert-OH is 1. The third kappa shape index (κ3) is 5.65. The molecule has 0 aliphatic carbocycles. The van der Waals surface area contributed by atoms with Gasteiger partial charge in [0.05, 0.1) is 11.5 Å². The highest BCUT2D eigenvalue weighted by molar-refractivity contribution is 7.90. The summed E-state index contributed by atoms with van der Waals surface area (Å²) in [5.41, 5.74) is 3.76. The number of rotatable bonds is 7. The Hall–Kier alpha value is -1.85. The van der Waals surface area contributed by atoms with E-state index in [4.69, 9.17) is 4.74 Å². The standard InChI is InChI=1S/C19H24O4S/c1-14-8-15(2)10-17(9-14)12-24(21,22)13-18(20)11-23-19-7-5-4-6-16(19)3/h4-10,18,20H,11-13H2,1-3H3. The number of hydrogen-bond donors (Lipinski definition) is 1. The van der Waals surface area contributed by atoms with Crippen molar-refractivity contribution in [3.05, 3.63) is 64.7 Å². The molecule has 0 fully saturated rings. The van der Waals surface area contributed by atoms with Gasteiger partial charge in [0.25, 0.3) is 0 Å². The molecule has 1 unspecified atom stereocenters. The fourth-order valence-corrected chi connectivity index (χ4v) is 4.19. The molecule has 5 heteroatoms. The van der Waals surface area contributed by atoms with E-state index in [9.17, 15) is 13.5 Å². The Labute approximate surface area is 144 Å². The molecule has 0 aromatic heterocycles. The minimum absolute atomic E-state index is 0.0447. The average Bonchev–Trinajstić information content (AvgIpc) is 2.44. The summed E-state index contributed by atoms with van der Waals surface area (Å²) in [7, 11) is -3.41. The monoisotopic (exact) mass is 348 g/mol. The predicted octanol–water partition coefficient (Wildman–Crippen LogP) is 2.97. The molecule has 0 radical (unpaired) electrons. The lowest BCUT2D eigenvalue weighted by Gasteiger charge is -2.14. The van der Waals surface area contributed by atoms with Gasteiger partial charge in [0.15, 0.2) is 9.84 Å². The summed E-state index contributed by atoms with van der Waals surface area (Å²) in [4.78, 5) is 0. The van der Waals surface area contributed by atoms with E-state index >= 15 is 0 Å². The van der Waals surface area contributed by atoms with Gasteiger partial charge < -0.3 is 9.84 Å². The van der Waals surface area contributed by atoms with E-state index in [1.165, 1.54) is 0 Å². The Bertz CT molecular complexity index is 777. The van der Waals surface area contributed by atoms with Crippen LogP contribution in [0.1, 0.15) is 22.3 Å². The quantitative estimate of drug-likeness (QED) is 0.835. The third-order valence-corrected chi connectivity index (χ3v) is 5.30. The number of sulfone groups is 1. The largest absolute Gasteiger partial charge is 0.491 e. The smallest absolute Gasteiger partial charge is 0.157 e. The molecule has 0 aliphatic rings. The van der Waals surface area contributed by atoms with E-state index in [-0.39, 0.29) is 18.1 Å². The molecule has 130 valence electrons. The number of hydrogen-bond acceptors (Lipinski definition) is 4. The van der Waals surface area contributed by atoms with Gasteiger partial charge in [-0.15, -0.1) is 0 Å². The number of para-hydroxylation sites is 1. The van der Waals surface area contributed by atoms with E-state index < -0.39 is 15.9 Å². The second-order valence-corrected chi connectivity index (χ2v) is 8.39. The van der Waals surface area contributed by atoms with Crippen LogP contribution in [0.2, 0.25) is 0 Å². The van der Waals surface area contributed by atoms with E-state index in [0.29, 0.717) is 5.75 Å². The van der Waals surface area contributed by atoms with Gasteiger partial charge >= 0.3 is 0 Å². The Morgan fingerprint density at radius 2 is 1.67 bits per heavy atom. The second-order valence-electron chi connectivity index (χ2n) is 6.28. The van der Waals surface area contributed by atoms with E-state index in [2.05, 4.69) is 0 Å². The zero-order chi connectivity index (χ0) is 17.7. The van der Waals surface area contributed by atoms with Crippen molar-refractivity contribution in [3.8, 4) is 5.75 Å². The van der Waals surface area contributed by atoms with Gasteiger partial charge in [0, 0.05) is 0 Å². The molecule has 0 aliphatic heterocycles. The highest BCUT2D eigenvalue weighted by atomic mass is 32.2. The van der Waals surface area contributed by atoms with Gasteiger partial charge in [0.2, 0.25) is 0 Å². The maximum absolute atomic E-state index is 12.3. The highest BCUT2D eigenvalue weighted by Gasteiger charge is 2.19. The molecule has 2 aromatic carbocycles. The first kappa shape index (κ1) is 18.5. The lowest BCUT2D eigenvalue weighted by atomic mass is 10.1. The molecule has 0 saturated heterocycles. The molecule has 4 nitrogen and oxygen atoms in total. The van der Waals surface area contributed by atoms with Crippen molar-refractivity contribution in [2.24, 2.45) is 0 Å². The van der Waals surface area contributed by atoms with Crippen LogP contribution in [0.4, 0.5) is 0 Å². The number of ether oxygens (including phenoxy) is 1. The van der Waals surface area contributed by atoms with E-state index in [0.717, 1.165) is 22.3 Å². The highest BCUT2D eigenvalue weighted by Crippen LogP contribution is 2.17. The van der Waals surface area contributed by atoms with Crippen molar-refractivity contribution in [3.63, 3.8) is 0 Å². The Kier molecular flexibility index (Phi) is 6.02. The maximum atomic E-state index is 12.3. The van der Waals surface area contributed by atoms with Crippen LogP contribution in [0.25, 0.3) is 0 Å². The van der Waals surface area contributed by atoms with Crippen molar-refractivity contribution in [2.45, 2.75) is 32.6 Å². The van der Waals surface area contributed by atoms with Gasteiger partial charge in [-0.2, -0.15) is 0 Å². The SMILES string of the molecule is Cc1cc(C)cc(CS(=O)(=O)CC(O)COc2ccccc2C)c1. The molecular formula is C19H24O4S. The molecule has 0 heterocycles. The zero-order valence-electron chi connectivity index (χ0n) is 14.3. The first-order valence-electron chi connectivity index (χ1n) is 7.89. The number of benzene rings is 2. The van der Waals surface area contributed by atoms with Crippen LogP contribution in [0.5, 0.6) is 5.75 Å². The van der Waals surface area contributed by atoms with Crippen LogP contribution in [-0.4, -0.2) is 32.0 Å². The van der Waals surface area contributed by atoms with Crippen LogP contribution < -0.4 is 4.74 Å². The summed E-state index contributed by atoms with van der Waals surface area (Å²) < 4.78 is 30.1. The summed E-state index contributed by atoms with van der Waals surface area (Å²) in [5, 5.41) is 10.0. The van der Waals surface area contributed by atoms with Crippen LogP contribution in [0.3, 0.4) is 0 Å². The molecule has 24 heavy (non-hydrogen) atoms. The van der Waals surface area contributed by atoms with Gasteiger partial charge in [-0.1, -0.05) is 47.5 Å². The van der Waals surface area contributed by atoms with Crippen LogP contribution in [0.15, 0.2) is 42.5 Å². The minimum Gasteiger partial charge on any atom is -0.491 e. The van der Waals surface area contributed by atoms with Crippen molar-refractivity contribution >= 4 is 9.84 Å². The lowest BCUT2D eigenvalue weighted by molar-refractivity contribution is 0.124. The molecule has 1 atom stereocenters. The summed E-state index contributed by atoms with van der Waals surface area (Å²) >= 11 is 0. The molecule has 2 aromatic rings. The topological polar surface area (TPSA) is 63.6 Å². The number of aryl methyl sites for hydroxylation is 3. The van der Waals surface area contributed by atoms with Gasteiger partial charge in [0.1, 0.15) is 18.5 Å². The lowest BCUT2D eigenvalue weighted by Crippen LogP contribution is -2.28. The second kappa shape index (κ2) is 7.81. The van der Waals surface area contributed by atoms with Gasteiger partial charge in [-0.25, -0.2) is 8.42 Å².